The fraction of sp³-hybridized carbons (Fsp3) is 0.333. The molecule has 10 heteroatoms. The van der Waals surface area contributed by atoms with E-state index in [0.717, 1.165) is 25.1 Å². The standard InChI is InChI=1S/C24H21F4N5O/c25-17-4-1-3-16(22-29-9-2-10-30-22)21(17)23(34)33-13-14-5-7-19(33)18(11-14)32-20-8-6-15(12-31-20)24(26,27)28/h1-4,6,8-10,12,14,18-19H,5,7,11,13H2,(H,31,32)/t14?,18-,19+/m1/s1. The second-order valence-corrected chi connectivity index (χ2v) is 8.62. The zero-order valence-corrected chi connectivity index (χ0v) is 18.0. The summed E-state index contributed by atoms with van der Waals surface area (Å²) in [4.78, 5) is 27.5. The Morgan fingerprint density at radius 3 is 2.50 bits per heavy atom. The van der Waals surface area contributed by atoms with Crippen molar-refractivity contribution in [1.29, 1.82) is 0 Å². The van der Waals surface area contributed by atoms with Crippen LogP contribution in [0.15, 0.2) is 55.0 Å². The molecule has 1 saturated carbocycles. The van der Waals surface area contributed by atoms with Crippen LogP contribution in [0.4, 0.5) is 23.4 Å². The number of benzene rings is 1. The lowest BCUT2D eigenvalue weighted by Crippen LogP contribution is -2.60. The minimum atomic E-state index is -4.46. The van der Waals surface area contributed by atoms with Crippen LogP contribution in [0.5, 0.6) is 0 Å². The predicted molar refractivity (Wildman–Crippen MR) is 116 cm³/mol. The first-order valence-electron chi connectivity index (χ1n) is 11.0. The molecule has 6 nitrogen and oxygen atoms in total. The Labute approximate surface area is 193 Å². The van der Waals surface area contributed by atoms with Crippen molar-refractivity contribution in [1.82, 2.24) is 19.9 Å². The summed E-state index contributed by atoms with van der Waals surface area (Å²) in [7, 11) is 0. The Balaban J connectivity index is 1.41. The van der Waals surface area contributed by atoms with Crippen molar-refractivity contribution in [3.05, 3.63) is 71.9 Å². The topological polar surface area (TPSA) is 71.0 Å². The molecule has 3 aliphatic rings. The minimum absolute atomic E-state index is 0.0762. The second-order valence-electron chi connectivity index (χ2n) is 8.62. The van der Waals surface area contributed by atoms with Crippen LogP contribution in [0.2, 0.25) is 0 Å². The van der Waals surface area contributed by atoms with E-state index in [4.69, 9.17) is 0 Å². The molecule has 3 fully saturated rings. The van der Waals surface area contributed by atoms with Crippen LogP contribution < -0.4 is 5.32 Å². The number of pyridine rings is 1. The van der Waals surface area contributed by atoms with E-state index in [9.17, 15) is 22.4 Å². The van der Waals surface area contributed by atoms with Crippen molar-refractivity contribution >= 4 is 11.7 Å². The van der Waals surface area contributed by atoms with E-state index in [0.29, 0.717) is 24.3 Å². The van der Waals surface area contributed by atoms with Crippen molar-refractivity contribution < 1.29 is 22.4 Å². The molecule has 1 unspecified atom stereocenters. The van der Waals surface area contributed by atoms with E-state index in [2.05, 4.69) is 20.3 Å². The van der Waals surface area contributed by atoms with Crippen LogP contribution in [0.1, 0.15) is 35.2 Å². The molecule has 2 bridgehead atoms. The molecule has 6 rings (SSSR count). The number of carbonyl (C=O) groups excluding carboxylic acids is 1. The van der Waals surface area contributed by atoms with Gasteiger partial charge in [-0.25, -0.2) is 19.3 Å². The summed E-state index contributed by atoms with van der Waals surface area (Å²) in [5, 5.41) is 3.20. The molecule has 2 saturated heterocycles. The highest BCUT2D eigenvalue weighted by molar-refractivity contribution is 6.00. The number of aromatic nitrogens is 3. The maximum absolute atomic E-state index is 14.9. The first-order valence-corrected chi connectivity index (χ1v) is 11.0. The minimum Gasteiger partial charge on any atom is -0.365 e. The van der Waals surface area contributed by atoms with Crippen LogP contribution in [-0.4, -0.2) is 44.4 Å². The summed E-state index contributed by atoms with van der Waals surface area (Å²) in [6.07, 6.45) is 1.78. The quantitative estimate of drug-likeness (QED) is 0.554. The molecule has 3 atom stereocenters. The van der Waals surface area contributed by atoms with Crippen LogP contribution in [0, 0.1) is 11.7 Å². The molecule has 2 aromatic heterocycles. The third-order valence-corrected chi connectivity index (χ3v) is 6.50. The molecule has 3 aromatic rings. The number of hydrogen-bond donors (Lipinski definition) is 1. The normalized spacial score (nSPS) is 22.0. The number of rotatable bonds is 4. The van der Waals surface area contributed by atoms with E-state index in [1.165, 1.54) is 30.6 Å². The number of hydrogen-bond acceptors (Lipinski definition) is 5. The van der Waals surface area contributed by atoms with Gasteiger partial charge in [-0.15, -0.1) is 0 Å². The fourth-order valence-corrected chi connectivity index (χ4v) is 4.93. The van der Waals surface area contributed by atoms with Crippen LogP contribution >= 0.6 is 0 Å². The number of alkyl halides is 3. The van der Waals surface area contributed by atoms with Gasteiger partial charge < -0.3 is 10.2 Å². The summed E-state index contributed by atoms with van der Waals surface area (Å²) < 4.78 is 53.5. The average Bonchev–Trinajstić information content (AvgIpc) is 2.84. The van der Waals surface area contributed by atoms with Crippen LogP contribution in [0.3, 0.4) is 0 Å². The van der Waals surface area contributed by atoms with Gasteiger partial charge in [-0.3, -0.25) is 4.79 Å². The lowest BCUT2D eigenvalue weighted by molar-refractivity contribution is -0.137. The number of piperidine rings is 2. The zero-order chi connectivity index (χ0) is 23.9. The first kappa shape index (κ1) is 22.2. The smallest absolute Gasteiger partial charge is 0.365 e. The highest BCUT2D eigenvalue weighted by atomic mass is 19.4. The molecule has 34 heavy (non-hydrogen) atoms. The molecule has 176 valence electrons. The number of carbonyl (C=O) groups is 1. The van der Waals surface area contributed by atoms with Crippen molar-refractivity contribution in [3.8, 4) is 11.4 Å². The van der Waals surface area contributed by atoms with Crippen molar-refractivity contribution in [2.24, 2.45) is 5.92 Å². The van der Waals surface area contributed by atoms with Gasteiger partial charge in [-0.05, 0) is 49.4 Å². The van der Waals surface area contributed by atoms with Gasteiger partial charge in [-0.2, -0.15) is 13.2 Å². The molecular weight excluding hydrogens is 450 g/mol. The third kappa shape index (κ3) is 4.20. The zero-order valence-electron chi connectivity index (χ0n) is 18.0. The van der Waals surface area contributed by atoms with E-state index < -0.39 is 23.5 Å². The van der Waals surface area contributed by atoms with Crippen molar-refractivity contribution in [2.75, 3.05) is 11.9 Å². The highest BCUT2D eigenvalue weighted by Gasteiger charge is 2.44. The monoisotopic (exact) mass is 471 g/mol. The predicted octanol–water partition coefficient (Wildman–Crippen LogP) is 4.80. The van der Waals surface area contributed by atoms with Gasteiger partial charge in [0.15, 0.2) is 5.82 Å². The number of nitrogens with zero attached hydrogens (tertiary/aromatic N) is 4. The Hall–Kier alpha value is -3.56. The van der Waals surface area contributed by atoms with E-state index >= 15 is 0 Å². The van der Waals surface area contributed by atoms with E-state index in [1.54, 1.807) is 17.0 Å². The molecule has 0 radical (unpaired) electrons. The van der Waals surface area contributed by atoms with Gasteiger partial charge in [0, 0.05) is 36.7 Å². The average molecular weight is 471 g/mol. The van der Waals surface area contributed by atoms with Gasteiger partial charge in [0.2, 0.25) is 0 Å². The first-order chi connectivity index (χ1) is 16.3. The summed E-state index contributed by atoms with van der Waals surface area (Å²) in [6, 6.07) is 7.83. The second kappa shape index (κ2) is 8.66. The van der Waals surface area contributed by atoms with Gasteiger partial charge in [0.1, 0.15) is 11.6 Å². The van der Waals surface area contributed by atoms with Crippen LogP contribution in [0.25, 0.3) is 11.4 Å². The Bertz CT molecular complexity index is 1190. The molecule has 4 heterocycles. The fourth-order valence-electron chi connectivity index (χ4n) is 4.93. The van der Waals surface area contributed by atoms with Crippen molar-refractivity contribution in [2.45, 2.75) is 37.5 Å². The summed E-state index contributed by atoms with van der Waals surface area (Å²) in [5.74, 6) is -0.324. The van der Waals surface area contributed by atoms with Gasteiger partial charge >= 0.3 is 6.18 Å². The number of nitrogens with one attached hydrogen (secondary N) is 1. The number of fused-ring (bicyclic) bond motifs is 3. The Kier molecular flexibility index (Phi) is 5.66. The highest BCUT2D eigenvalue weighted by Crippen LogP contribution is 2.38. The third-order valence-electron chi connectivity index (χ3n) is 6.50. The Morgan fingerprint density at radius 2 is 1.82 bits per heavy atom. The SMILES string of the molecule is O=C(c1c(F)cccc1-c1ncccn1)N1CC2CC[C@H]1[C@H](Nc1ccc(C(F)(F)F)cn1)C2. The molecular formula is C24H21F4N5O. The summed E-state index contributed by atoms with van der Waals surface area (Å²) >= 11 is 0. The number of anilines is 1. The number of halogens is 4. The molecule has 1 N–H and O–H groups in total. The lowest BCUT2D eigenvalue weighted by Gasteiger charge is -2.50. The van der Waals surface area contributed by atoms with Gasteiger partial charge in [0.05, 0.1) is 17.2 Å². The largest absolute Gasteiger partial charge is 0.417 e. The maximum Gasteiger partial charge on any atom is 0.417 e. The van der Waals surface area contributed by atoms with Crippen molar-refractivity contribution in [3.63, 3.8) is 0 Å². The summed E-state index contributed by atoms with van der Waals surface area (Å²) in [5.41, 5.74) is -0.580. The molecule has 1 aromatic carbocycles. The Morgan fingerprint density at radius 1 is 1.03 bits per heavy atom. The van der Waals surface area contributed by atoms with E-state index in [1.807, 2.05) is 0 Å². The molecule has 2 aliphatic heterocycles. The van der Waals surface area contributed by atoms with Crippen LogP contribution in [-0.2, 0) is 6.18 Å². The van der Waals surface area contributed by atoms with E-state index in [-0.39, 0.29) is 29.4 Å². The molecule has 0 spiro atoms. The van der Waals surface area contributed by atoms with Gasteiger partial charge in [-0.1, -0.05) is 12.1 Å². The number of amides is 1. The maximum atomic E-state index is 14.9. The molecule has 1 aliphatic carbocycles. The molecule has 1 amide bonds. The summed E-state index contributed by atoms with van der Waals surface area (Å²) in [6.45, 7) is 0.492. The lowest BCUT2D eigenvalue weighted by atomic mass is 9.76. The van der Waals surface area contributed by atoms with Gasteiger partial charge in [0.25, 0.3) is 5.91 Å².